The Kier molecular flexibility index (Phi) is 5.43. The number of Topliss-reactive ketones (excluding diaryl/α,β-unsaturated/α-hetero) is 1. The Morgan fingerprint density at radius 2 is 1.73 bits per heavy atom. The Morgan fingerprint density at radius 1 is 1.08 bits per heavy atom. The molecule has 134 valence electrons. The van der Waals surface area contributed by atoms with Gasteiger partial charge in [0.1, 0.15) is 5.76 Å². The van der Waals surface area contributed by atoms with E-state index in [1.807, 2.05) is 37.3 Å². The lowest BCUT2D eigenvalue weighted by atomic mass is 9.95. The lowest BCUT2D eigenvalue weighted by Crippen LogP contribution is -2.30. The number of hydrogen-bond donors (Lipinski definition) is 1. The van der Waals surface area contributed by atoms with Crippen molar-refractivity contribution in [2.24, 2.45) is 0 Å². The molecule has 1 amide bonds. The predicted molar refractivity (Wildman–Crippen MR) is 102 cm³/mol. The van der Waals surface area contributed by atoms with Crippen LogP contribution >= 0.6 is 11.6 Å². The molecule has 0 saturated carbocycles. The van der Waals surface area contributed by atoms with Crippen molar-refractivity contribution in [3.05, 3.63) is 76.3 Å². The monoisotopic (exact) mass is 369 g/mol. The summed E-state index contributed by atoms with van der Waals surface area (Å²) in [4.78, 5) is 26.9. The molecule has 26 heavy (non-hydrogen) atoms. The molecule has 1 N–H and O–H groups in total. The average molecular weight is 370 g/mol. The molecule has 3 rings (SSSR count). The summed E-state index contributed by atoms with van der Waals surface area (Å²) in [5.74, 6) is -1.39. The standard InChI is InChI=1S/C21H20ClNO3/c1-2-3-13-23-18(14-7-5-4-6-8-14)17(20(25)21(23)26)19(24)15-9-11-16(22)12-10-15/h4-12,18,24H,2-3,13H2,1H3/b19-17-. The molecular weight excluding hydrogens is 350 g/mol. The Labute approximate surface area is 157 Å². The summed E-state index contributed by atoms with van der Waals surface area (Å²) in [6.07, 6.45) is 1.69. The van der Waals surface area contributed by atoms with Crippen molar-refractivity contribution in [1.29, 1.82) is 0 Å². The lowest BCUT2D eigenvalue weighted by Gasteiger charge is -2.25. The number of likely N-dealkylation sites (tertiary alicyclic amines) is 1. The van der Waals surface area contributed by atoms with E-state index in [-0.39, 0.29) is 11.3 Å². The molecule has 1 atom stereocenters. The van der Waals surface area contributed by atoms with Crippen LogP contribution in [0.2, 0.25) is 5.02 Å². The van der Waals surface area contributed by atoms with Crippen LogP contribution in [0.4, 0.5) is 0 Å². The van der Waals surface area contributed by atoms with Gasteiger partial charge in [-0.15, -0.1) is 0 Å². The van der Waals surface area contributed by atoms with Gasteiger partial charge in [0.05, 0.1) is 11.6 Å². The Balaban J connectivity index is 2.14. The zero-order valence-electron chi connectivity index (χ0n) is 14.5. The maximum absolute atomic E-state index is 12.7. The normalized spacial score (nSPS) is 19.2. The van der Waals surface area contributed by atoms with Crippen LogP contribution < -0.4 is 0 Å². The topological polar surface area (TPSA) is 57.6 Å². The van der Waals surface area contributed by atoms with E-state index < -0.39 is 17.7 Å². The van der Waals surface area contributed by atoms with E-state index >= 15 is 0 Å². The van der Waals surface area contributed by atoms with Gasteiger partial charge in [0.25, 0.3) is 11.7 Å². The van der Waals surface area contributed by atoms with Crippen molar-refractivity contribution in [3.63, 3.8) is 0 Å². The molecule has 0 aromatic heterocycles. The summed E-state index contributed by atoms with van der Waals surface area (Å²) in [6, 6.07) is 15.3. The molecule has 1 fully saturated rings. The highest BCUT2D eigenvalue weighted by atomic mass is 35.5. The van der Waals surface area contributed by atoms with Crippen LogP contribution in [0.5, 0.6) is 0 Å². The summed E-state index contributed by atoms with van der Waals surface area (Å²) in [7, 11) is 0. The molecule has 2 aromatic carbocycles. The number of carbonyl (C=O) groups is 2. The minimum absolute atomic E-state index is 0.125. The van der Waals surface area contributed by atoms with Crippen molar-refractivity contribution >= 4 is 29.1 Å². The van der Waals surface area contributed by atoms with Gasteiger partial charge < -0.3 is 10.0 Å². The van der Waals surface area contributed by atoms with Crippen LogP contribution in [0.25, 0.3) is 5.76 Å². The molecule has 4 nitrogen and oxygen atoms in total. The third kappa shape index (κ3) is 3.37. The molecule has 0 radical (unpaired) electrons. The van der Waals surface area contributed by atoms with Crippen molar-refractivity contribution in [3.8, 4) is 0 Å². The molecule has 1 heterocycles. The van der Waals surface area contributed by atoms with Crippen LogP contribution in [-0.4, -0.2) is 28.2 Å². The molecule has 1 saturated heterocycles. The highest BCUT2D eigenvalue weighted by molar-refractivity contribution is 6.46. The zero-order valence-corrected chi connectivity index (χ0v) is 15.2. The molecule has 0 spiro atoms. The summed E-state index contributed by atoms with van der Waals surface area (Å²) in [5, 5.41) is 11.3. The number of aliphatic hydroxyl groups excluding tert-OH is 1. The van der Waals surface area contributed by atoms with Gasteiger partial charge in [-0.1, -0.05) is 55.3 Å². The minimum atomic E-state index is -0.651. The summed E-state index contributed by atoms with van der Waals surface area (Å²) in [6.45, 7) is 2.50. The largest absolute Gasteiger partial charge is 0.507 e. The predicted octanol–water partition coefficient (Wildman–Crippen LogP) is 4.56. The van der Waals surface area contributed by atoms with Crippen molar-refractivity contribution in [1.82, 2.24) is 4.90 Å². The molecule has 5 heteroatoms. The van der Waals surface area contributed by atoms with Crippen molar-refractivity contribution in [2.45, 2.75) is 25.8 Å². The van der Waals surface area contributed by atoms with Crippen LogP contribution in [0, 0.1) is 0 Å². The Bertz CT molecular complexity index is 843. The second-order valence-corrected chi connectivity index (χ2v) is 6.70. The number of carbonyl (C=O) groups excluding carboxylic acids is 2. The minimum Gasteiger partial charge on any atom is -0.507 e. The maximum atomic E-state index is 12.7. The number of nitrogens with zero attached hydrogens (tertiary/aromatic N) is 1. The Morgan fingerprint density at radius 3 is 2.35 bits per heavy atom. The molecule has 1 unspecified atom stereocenters. The van der Waals surface area contributed by atoms with Gasteiger partial charge in [-0.25, -0.2) is 0 Å². The molecular formula is C21H20ClNO3. The van der Waals surface area contributed by atoms with Crippen LogP contribution in [0.3, 0.4) is 0 Å². The van der Waals surface area contributed by atoms with Crippen LogP contribution in [0.1, 0.15) is 36.9 Å². The smallest absolute Gasteiger partial charge is 0.295 e. The summed E-state index contributed by atoms with van der Waals surface area (Å²) >= 11 is 5.91. The fourth-order valence-corrected chi connectivity index (χ4v) is 3.31. The van der Waals surface area contributed by atoms with Crippen molar-refractivity contribution in [2.75, 3.05) is 6.54 Å². The van der Waals surface area contributed by atoms with Gasteiger partial charge in [0, 0.05) is 17.1 Å². The van der Waals surface area contributed by atoms with Gasteiger partial charge in [0.15, 0.2) is 0 Å². The second-order valence-electron chi connectivity index (χ2n) is 6.26. The summed E-state index contributed by atoms with van der Waals surface area (Å²) < 4.78 is 0. The third-order valence-corrected chi connectivity index (χ3v) is 4.78. The fourth-order valence-electron chi connectivity index (χ4n) is 3.18. The first-order valence-electron chi connectivity index (χ1n) is 8.64. The van der Waals surface area contributed by atoms with Gasteiger partial charge in [-0.2, -0.15) is 0 Å². The van der Waals surface area contributed by atoms with E-state index in [0.717, 1.165) is 18.4 Å². The van der Waals surface area contributed by atoms with E-state index in [2.05, 4.69) is 0 Å². The Hall–Kier alpha value is -2.59. The van der Waals surface area contributed by atoms with Gasteiger partial charge in [-0.3, -0.25) is 9.59 Å². The van der Waals surface area contributed by atoms with Crippen LogP contribution in [-0.2, 0) is 9.59 Å². The summed E-state index contributed by atoms with van der Waals surface area (Å²) in [5.41, 5.74) is 1.39. The number of ketones is 1. The van der Waals surface area contributed by atoms with E-state index in [1.54, 1.807) is 29.2 Å². The molecule has 1 aliphatic rings. The highest BCUT2D eigenvalue weighted by Crippen LogP contribution is 2.39. The molecule has 0 bridgehead atoms. The SMILES string of the molecule is CCCCN1C(=O)C(=O)/C(=C(\O)c2ccc(Cl)cc2)C1c1ccccc1. The zero-order chi connectivity index (χ0) is 18.7. The molecule has 0 aliphatic carbocycles. The number of benzene rings is 2. The van der Waals surface area contributed by atoms with E-state index in [1.165, 1.54) is 0 Å². The van der Waals surface area contributed by atoms with Gasteiger partial charge >= 0.3 is 0 Å². The fraction of sp³-hybridized carbons (Fsp3) is 0.238. The van der Waals surface area contributed by atoms with Crippen molar-refractivity contribution < 1.29 is 14.7 Å². The van der Waals surface area contributed by atoms with E-state index in [4.69, 9.17) is 11.6 Å². The quantitative estimate of drug-likeness (QED) is 0.477. The second kappa shape index (κ2) is 7.75. The first kappa shape index (κ1) is 18.2. The molecule has 1 aliphatic heterocycles. The maximum Gasteiger partial charge on any atom is 0.295 e. The highest BCUT2D eigenvalue weighted by Gasteiger charge is 2.45. The van der Waals surface area contributed by atoms with Gasteiger partial charge in [0.2, 0.25) is 0 Å². The number of hydrogen-bond acceptors (Lipinski definition) is 3. The van der Waals surface area contributed by atoms with E-state index in [9.17, 15) is 14.7 Å². The number of rotatable bonds is 5. The third-order valence-electron chi connectivity index (χ3n) is 4.53. The van der Waals surface area contributed by atoms with E-state index in [0.29, 0.717) is 17.1 Å². The number of halogens is 1. The number of amides is 1. The number of unbranched alkanes of at least 4 members (excludes halogenated alkanes) is 1. The van der Waals surface area contributed by atoms with Crippen LogP contribution in [0.15, 0.2) is 60.2 Å². The lowest BCUT2D eigenvalue weighted by molar-refractivity contribution is -0.139. The van der Waals surface area contributed by atoms with Gasteiger partial charge in [-0.05, 0) is 36.2 Å². The first-order chi connectivity index (χ1) is 12.5. The first-order valence-corrected chi connectivity index (χ1v) is 9.01. The number of aliphatic hydroxyl groups is 1. The molecule has 2 aromatic rings. The average Bonchev–Trinajstić information content (AvgIpc) is 2.91.